The highest BCUT2D eigenvalue weighted by Gasteiger charge is 2.35. The van der Waals surface area contributed by atoms with E-state index in [0.717, 1.165) is 33.1 Å². The molecule has 2 aromatic heterocycles. The van der Waals surface area contributed by atoms with Crippen molar-refractivity contribution in [3.05, 3.63) is 101 Å². The van der Waals surface area contributed by atoms with Crippen molar-refractivity contribution in [1.29, 1.82) is 0 Å². The van der Waals surface area contributed by atoms with E-state index < -0.39 is 0 Å². The maximum atomic E-state index is 6.43. The summed E-state index contributed by atoms with van der Waals surface area (Å²) >= 11 is 6.43. The van der Waals surface area contributed by atoms with Crippen molar-refractivity contribution in [1.82, 2.24) is 15.0 Å². The highest BCUT2D eigenvalue weighted by molar-refractivity contribution is 6.28. The van der Waals surface area contributed by atoms with Gasteiger partial charge in [0.1, 0.15) is 11.2 Å². The number of benzene rings is 4. The lowest BCUT2D eigenvalue weighted by Gasteiger charge is -2.21. The number of rotatable bonds is 2. The summed E-state index contributed by atoms with van der Waals surface area (Å²) in [6.45, 7) is 4.52. The summed E-state index contributed by atoms with van der Waals surface area (Å²) in [7, 11) is 0. The highest BCUT2D eigenvalue weighted by atomic mass is 35.5. The number of hydrogen-bond acceptors (Lipinski definition) is 4. The van der Waals surface area contributed by atoms with E-state index in [9.17, 15) is 0 Å². The molecule has 2 heterocycles. The monoisotopic (exact) mass is 473 g/mol. The first-order valence-electron chi connectivity index (χ1n) is 11.6. The molecule has 0 unspecified atom stereocenters. The fourth-order valence-electron chi connectivity index (χ4n) is 5.37. The van der Waals surface area contributed by atoms with Gasteiger partial charge in [-0.25, -0.2) is 4.98 Å². The largest absolute Gasteiger partial charge is 0.455 e. The van der Waals surface area contributed by atoms with Gasteiger partial charge in [0.2, 0.25) is 5.28 Å². The predicted octanol–water partition coefficient (Wildman–Crippen LogP) is 8.06. The lowest BCUT2D eigenvalue weighted by atomic mass is 9.82. The van der Waals surface area contributed by atoms with Crippen molar-refractivity contribution in [2.75, 3.05) is 0 Å². The Morgan fingerprint density at radius 2 is 1.37 bits per heavy atom. The molecule has 0 fully saturated rings. The molecule has 0 aliphatic heterocycles. The maximum Gasteiger partial charge on any atom is 0.226 e. The quantitative estimate of drug-likeness (QED) is 0.255. The maximum absolute atomic E-state index is 6.43. The van der Waals surface area contributed by atoms with E-state index in [2.05, 4.69) is 78.4 Å². The first-order chi connectivity index (χ1) is 17.0. The van der Waals surface area contributed by atoms with Crippen LogP contribution in [0.25, 0.3) is 55.8 Å². The van der Waals surface area contributed by atoms with Crippen LogP contribution in [0.2, 0.25) is 5.28 Å². The summed E-state index contributed by atoms with van der Waals surface area (Å²) in [5.74, 6) is 1.04. The van der Waals surface area contributed by atoms with Crippen molar-refractivity contribution in [2.24, 2.45) is 0 Å². The third-order valence-corrected chi connectivity index (χ3v) is 7.26. The van der Waals surface area contributed by atoms with Gasteiger partial charge in [0, 0.05) is 21.8 Å². The van der Waals surface area contributed by atoms with Gasteiger partial charge >= 0.3 is 0 Å². The number of nitrogens with zero attached hydrogens (tertiary/aromatic N) is 3. The molecule has 1 aliphatic carbocycles. The first-order valence-corrected chi connectivity index (χ1v) is 12.0. The van der Waals surface area contributed by atoms with Crippen LogP contribution in [0.3, 0.4) is 0 Å². The summed E-state index contributed by atoms with van der Waals surface area (Å²) in [5, 5.41) is 2.24. The van der Waals surface area contributed by atoms with Crippen LogP contribution in [0.5, 0.6) is 0 Å². The van der Waals surface area contributed by atoms with Crippen molar-refractivity contribution in [3.63, 3.8) is 0 Å². The Hall–Kier alpha value is -4.02. The molecule has 0 bridgehead atoms. The molecule has 35 heavy (non-hydrogen) atoms. The Morgan fingerprint density at radius 1 is 0.657 bits per heavy atom. The molecule has 0 N–H and O–H groups in total. The van der Waals surface area contributed by atoms with Gasteiger partial charge in [-0.05, 0) is 52.1 Å². The summed E-state index contributed by atoms with van der Waals surface area (Å²) < 4.78 is 6.20. The van der Waals surface area contributed by atoms with E-state index in [0.29, 0.717) is 11.6 Å². The number of hydrogen-bond donors (Lipinski definition) is 0. The molecule has 0 saturated carbocycles. The zero-order valence-electron chi connectivity index (χ0n) is 19.2. The first kappa shape index (κ1) is 20.4. The molecule has 0 atom stereocenters. The van der Waals surface area contributed by atoms with E-state index in [1.165, 1.54) is 22.3 Å². The van der Waals surface area contributed by atoms with E-state index >= 15 is 0 Å². The van der Waals surface area contributed by atoms with Gasteiger partial charge in [-0.3, -0.25) is 0 Å². The van der Waals surface area contributed by atoms with E-state index in [1.807, 2.05) is 30.3 Å². The second-order valence-electron chi connectivity index (χ2n) is 9.46. The number of aromatic nitrogens is 3. The lowest BCUT2D eigenvalue weighted by molar-refractivity contribution is 0.660. The van der Waals surface area contributed by atoms with E-state index in [1.54, 1.807) is 0 Å². The Balaban J connectivity index is 1.40. The topological polar surface area (TPSA) is 51.8 Å². The van der Waals surface area contributed by atoms with Crippen LogP contribution in [0.15, 0.2) is 89.3 Å². The van der Waals surface area contributed by atoms with Gasteiger partial charge in [0.25, 0.3) is 0 Å². The number of fused-ring (bicyclic) bond motifs is 6. The molecule has 0 saturated heterocycles. The average molecular weight is 474 g/mol. The van der Waals surface area contributed by atoms with E-state index in [4.69, 9.17) is 21.0 Å². The van der Waals surface area contributed by atoms with Crippen molar-refractivity contribution >= 4 is 33.5 Å². The average Bonchev–Trinajstić information content (AvgIpc) is 3.36. The second-order valence-corrected chi connectivity index (χ2v) is 9.80. The lowest BCUT2D eigenvalue weighted by Crippen LogP contribution is -2.15. The zero-order chi connectivity index (χ0) is 23.7. The Labute approximate surface area is 207 Å². The minimum atomic E-state index is -0.110. The van der Waals surface area contributed by atoms with Crippen LogP contribution in [-0.4, -0.2) is 15.0 Å². The smallest absolute Gasteiger partial charge is 0.226 e. The molecule has 0 amide bonds. The number of halogens is 1. The molecule has 1 aliphatic rings. The fraction of sp³-hybridized carbons (Fsp3) is 0.100. The van der Waals surface area contributed by atoms with Crippen molar-refractivity contribution < 1.29 is 4.42 Å². The van der Waals surface area contributed by atoms with Crippen molar-refractivity contribution in [3.8, 4) is 33.9 Å². The van der Waals surface area contributed by atoms with Crippen LogP contribution in [0, 0.1) is 0 Å². The molecule has 4 nitrogen and oxygen atoms in total. The third-order valence-electron chi connectivity index (χ3n) is 7.10. The van der Waals surface area contributed by atoms with Gasteiger partial charge < -0.3 is 4.42 Å². The minimum Gasteiger partial charge on any atom is -0.455 e. The standard InChI is InChI=1S/C30H20ClN3O/c1-30(2)23-12-5-3-8-18(23)19-15-14-17(16-24(19)30)27-32-28(34-29(31)33-27)22-11-7-10-21-20-9-4-6-13-25(20)35-26(21)22/h3-16H,1-2H3. The van der Waals surface area contributed by atoms with Gasteiger partial charge in [0.05, 0.1) is 5.56 Å². The minimum absolute atomic E-state index is 0.110. The predicted molar refractivity (Wildman–Crippen MR) is 141 cm³/mol. The van der Waals surface area contributed by atoms with Gasteiger partial charge in [0.15, 0.2) is 11.6 Å². The molecule has 0 radical (unpaired) electrons. The van der Waals surface area contributed by atoms with Crippen LogP contribution >= 0.6 is 11.6 Å². The zero-order valence-corrected chi connectivity index (χ0v) is 20.0. The second kappa shape index (κ2) is 7.24. The highest BCUT2D eigenvalue weighted by Crippen LogP contribution is 2.49. The molecular formula is C30H20ClN3O. The van der Waals surface area contributed by atoms with Crippen molar-refractivity contribution in [2.45, 2.75) is 19.3 Å². The third kappa shape index (κ3) is 2.96. The summed E-state index contributed by atoms with van der Waals surface area (Å²) in [4.78, 5) is 13.8. The van der Waals surface area contributed by atoms with Gasteiger partial charge in [-0.1, -0.05) is 80.6 Å². The summed E-state index contributed by atoms with van der Waals surface area (Å²) in [6.07, 6.45) is 0. The van der Waals surface area contributed by atoms with Crippen LogP contribution in [0.1, 0.15) is 25.0 Å². The van der Waals surface area contributed by atoms with Gasteiger partial charge in [-0.2, -0.15) is 9.97 Å². The number of para-hydroxylation sites is 2. The van der Waals surface area contributed by atoms with Gasteiger partial charge in [-0.15, -0.1) is 0 Å². The van der Waals surface area contributed by atoms with Crippen LogP contribution in [0.4, 0.5) is 0 Å². The van der Waals surface area contributed by atoms with Crippen LogP contribution in [-0.2, 0) is 5.41 Å². The molecule has 5 heteroatoms. The molecule has 7 rings (SSSR count). The Bertz CT molecular complexity index is 1800. The molecule has 4 aromatic carbocycles. The normalized spacial score (nSPS) is 13.8. The van der Waals surface area contributed by atoms with E-state index in [-0.39, 0.29) is 10.7 Å². The van der Waals surface area contributed by atoms with Crippen LogP contribution < -0.4 is 0 Å². The SMILES string of the molecule is CC1(C)c2ccccc2-c2ccc(-c3nc(Cl)nc(-c4cccc5c4oc4ccccc45)n3)cc21. The summed E-state index contributed by atoms with van der Waals surface area (Å²) in [6, 6.07) is 29.0. The fourth-order valence-corrected chi connectivity index (χ4v) is 5.53. The number of furan rings is 1. The Kier molecular flexibility index (Phi) is 4.21. The Morgan fingerprint density at radius 3 is 2.29 bits per heavy atom. The molecule has 6 aromatic rings. The molecule has 0 spiro atoms. The molecule has 168 valence electrons. The summed E-state index contributed by atoms with van der Waals surface area (Å²) in [5.41, 5.74) is 8.29. The molecular weight excluding hydrogens is 454 g/mol.